The third-order valence-corrected chi connectivity index (χ3v) is 7.25. The van der Waals surface area contributed by atoms with Crippen molar-refractivity contribution in [3.8, 4) is 0 Å². The minimum absolute atomic E-state index is 0.0430. The first-order valence-electron chi connectivity index (χ1n) is 9.92. The smallest absolute Gasteiger partial charge is 0.277 e. The Morgan fingerprint density at radius 2 is 1.83 bits per heavy atom. The van der Waals surface area contributed by atoms with E-state index in [-0.39, 0.29) is 11.6 Å². The second kappa shape index (κ2) is 9.70. The van der Waals surface area contributed by atoms with E-state index in [1.165, 1.54) is 18.8 Å². The second-order valence-electron chi connectivity index (χ2n) is 7.25. The molecule has 2 heterocycles. The van der Waals surface area contributed by atoms with Gasteiger partial charge >= 0.3 is 5.69 Å². The summed E-state index contributed by atoms with van der Waals surface area (Å²) in [6.07, 6.45) is 0.743. The van der Waals surface area contributed by atoms with Gasteiger partial charge in [-0.2, -0.15) is 0 Å². The van der Waals surface area contributed by atoms with Crippen molar-refractivity contribution in [3.05, 3.63) is 57.0 Å². The molecule has 0 saturated carbocycles. The van der Waals surface area contributed by atoms with Crippen LogP contribution in [0.25, 0.3) is 11.0 Å². The molecule has 0 saturated heterocycles. The number of thioether (sulfide) groups is 1. The second-order valence-corrected chi connectivity index (χ2v) is 9.90. The normalized spacial score (nSPS) is 12.6. The number of hydrogen-bond donors (Lipinski definition) is 0. The number of aromatic nitrogens is 4. The summed E-state index contributed by atoms with van der Waals surface area (Å²) < 4.78 is 15.2. The summed E-state index contributed by atoms with van der Waals surface area (Å²) in [6, 6.07) is 9.31. The van der Waals surface area contributed by atoms with Crippen LogP contribution in [-0.2, 0) is 24.4 Å². The number of fused-ring (bicyclic) bond motifs is 1. The van der Waals surface area contributed by atoms with E-state index in [9.17, 15) is 13.8 Å². The van der Waals surface area contributed by atoms with Gasteiger partial charge in [0.05, 0.1) is 10.8 Å². The minimum Gasteiger partial charge on any atom is -0.277 e. The number of benzene rings is 1. The number of rotatable bonds is 8. The summed E-state index contributed by atoms with van der Waals surface area (Å²) in [6.45, 7) is 6.40. The molecular formula is C21H26N4O3S2. The minimum atomic E-state index is -1.13. The first kappa shape index (κ1) is 22.4. The van der Waals surface area contributed by atoms with E-state index in [4.69, 9.17) is 0 Å². The van der Waals surface area contributed by atoms with Gasteiger partial charge in [0, 0.05) is 35.9 Å². The number of hydrogen-bond acceptors (Lipinski definition) is 6. The predicted octanol–water partition coefficient (Wildman–Crippen LogP) is 2.92. The average Bonchev–Trinajstić information content (AvgIpc) is 2.75. The van der Waals surface area contributed by atoms with Gasteiger partial charge in [0.15, 0.2) is 5.65 Å². The molecule has 30 heavy (non-hydrogen) atoms. The third kappa shape index (κ3) is 4.57. The monoisotopic (exact) mass is 446 g/mol. The molecule has 0 radical (unpaired) electrons. The topological polar surface area (TPSA) is 86.9 Å². The highest BCUT2D eigenvalue weighted by Gasteiger charge is 2.20. The Morgan fingerprint density at radius 3 is 2.47 bits per heavy atom. The quantitative estimate of drug-likeness (QED) is 0.391. The Kier molecular flexibility index (Phi) is 7.25. The molecule has 160 valence electrons. The van der Waals surface area contributed by atoms with Crippen LogP contribution in [0.4, 0.5) is 0 Å². The Balaban J connectivity index is 2.03. The SMILES string of the molecule is CCCn1c(=O)n(C)c(=O)c2c(SCC[S@](=O)c3ccccc3)nc(C(C)C)nc21. The van der Waals surface area contributed by atoms with E-state index in [1.807, 2.05) is 51.1 Å². The van der Waals surface area contributed by atoms with Crippen molar-refractivity contribution in [1.29, 1.82) is 0 Å². The number of aryl methyl sites for hydroxylation is 1. The first-order chi connectivity index (χ1) is 14.3. The van der Waals surface area contributed by atoms with Gasteiger partial charge in [-0.25, -0.2) is 14.8 Å². The summed E-state index contributed by atoms with van der Waals surface area (Å²) >= 11 is 1.39. The van der Waals surface area contributed by atoms with Crippen LogP contribution in [0.2, 0.25) is 0 Å². The lowest BCUT2D eigenvalue weighted by Gasteiger charge is -2.15. The third-order valence-electron chi connectivity index (χ3n) is 4.64. The predicted molar refractivity (Wildman–Crippen MR) is 122 cm³/mol. The van der Waals surface area contributed by atoms with Gasteiger partial charge in [-0.05, 0) is 18.6 Å². The standard InChI is InChI=1S/C21H26N4O3S2/c1-5-11-25-18-16(20(26)24(4)21(25)27)19(23-17(22-18)14(2)3)29-12-13-30(28)15-9-7-6-8-10-15/h6-10,14H,5,11-13H2,1-4H3/t30-/m0/s1. The van der Waals surface area contributed by atoms with Crippen LogP contribution in [0.1, 0.15) is 38.9 Å². The van der Waals surface area contributed by atoms with E-state index >= 15 is 0 Å². The molecule has 2 aromatic heterocycles. The molecule has 3 aromatic rings. The van der Waals surface area contributed by atoms with Crippen molar-refractivity contribution in [2.75, 3.05) is 11.5 Å². The molecule has 0 aliphatic carbocycles. The molecule has 0 aliphatic heterocycles. The molecule has 1 aromatic carbocycles. The Labute approximate surface area is 182 Å². The molecule has 3 rings (SSSR count). The Morgan fingerprint density at radius 1 is 1.13 bits per heavy atom. The summed E-state index contributed by atoms with van der Waals surface area (Å²) in [5.74, 6) is 1.60. The summed E-state index contributed by atoms with van der Waals surface area (Å²) in [5.41, 5.74) is -0.386. The van der Waals surface area contributed by atoms with Crippen LogP contribution in [-0.4, -0.2) is 34.8 Å². The molecule has 0 spiro atoms. The van der Waals surface area contributed by atoms with Crippen LogP contribution in [0.15, 0.2) is 49.8 Å². The highest BCUT2D eigenvalue weighted by atomic mass is 32.2. The maximum absolute atomic E-state index is 12.9. The first-order valence-corrected chi connectivity index (χ1v) is 12.2. The van der Waals surface area contributed by atoms with E-state index in [1.54, 1.807) is 4.57 Å². The molecule has 0 unspecified atom stereocenters. The average molecular weight is 447 g/mol. The molecule has 0 bridgehead atoms. The van der Waals surface area contributed by atoms with Crippen molar-refractivity contribution in [1.82, 2.24) is 19.1 Å². The van der Waals surface area contributed by atoms with Crippen LogP contribution in [0, 0.1) is 0 Å². The van der Waals surface area contributed by atoms with Crippen LogP contribution in [0.5, 0.6) is 0 Å². The number of nitrogens with zero attached hydrogens (tertiary/aromatic N) is 4. The Bertz CT molecular complexity index is 1190. The van der Waals surface area contributed by atoms with Crippen LogP contribution >= 0.6 is 11.8 Å². The van der Waals surface area contributed by atoms with Gasteiger partial charge < -0.3 is 0 Å². The van der Waals surface area contributed by atoms with E-state index < -0.39 is 16.4 Å². The van der Waals surface area contributed by atoms with Crippen molar-refractivity contribution in [2.45, 2.75) is 49.6 Å². The van der Waals surface area contributed by atoms with Crippen LogP contribution < -0.4 is 11.2 Å². The molecular weight excluding hydrogens is 420 g/mol. The lowest BCUT2D eigenvalue weighted by Crippen LogP contribution is -2.39. The Hall–Kier alpha value is -2.26. The molecule has 0 fully saturated rings. The summed E-state index contributed by atoms with van der Waals surface area (Å²) in [4.78, 5) is 35.6. The van der Waals surface area contributed by atoms with Crippen molar-refractivity contribution < 1.29 is 4.21 Å². The summed E-state index contributed by atoms with van der Waals surface area (Å²) in [7, 11) is 0.349. The van der Waals surface area contributed by atoms with Gasteiger partial charge in [0.2, 0.25) is 0 Å². The molecule has 0 aliphatic rings. The fraction of sp³-hybridized carbons (Fsp3) is 0.429. The van der Waals surface area contributed by atoms with Crippen molar-refractivity contribution >= 4 is 33.6 Å². The highest BCUT2D eigenvalue weighted by Crippen LogP contribution is 2.25. The molecule has 7 nitrogen and oxygen atoms in total. The lowest BCUT2D eigenvalue weighted by atomic mass is 10.2. The van der Waals surface area contributed by atoms with Crippen molar-refractivity contribution in [2.24, 2.45) is 7.05 Å². The maximum atomic E-state index is 12.9. The lowest BCUT2D eigenvalue weighted by molar-refractivity contribution is 0.603. The van der Waals surface area contributed by atoms with Crippen LogP contribution in [0.3, 0.4) is 0 Å². The van der Waals surface area contributed by atoms with Gasteiger partial charge in [-0.15, -0.1) is 11.8 Å². The van der Waals surface area contributed by atoms with Gasteiger partial charge in [-0.1, -0.05) is 39.0 Å². The molecule has 1 atom stereocenters. The van der Waals surface area contributed by atoms with E-state index in [0.29, 0.717) is 39.9 Å². The molecule has 0 N–H and O–H groups in total. The molecule has 0 amide bonds. The maximum Gasteiger partial charge on any atom is 0.332 e. The summed E-state index contributed by atoms with van der Waals surface area (Å²) in [5, 5.41) is 0.893. The fourth-order valence-corrected chi connectivity index (χ4v) is 5.36. The van der Waals surface area contributed by atoms with Gasteiger partial charge in [0.25, 0.3) is 5.56 Å². The van der Waals surface area contributed by atoms with E-state index in [0.717, 1.165) is 15.9 Å². The zero-order chi connectivity index (χ0) is 21.8. The zero-order valence-corrected chi connectivity index (χ0v) is 19.3. The highest BCUT2D eigenvalue weighted by molar-refractivity contribution is 8.00. The van der Waals surface area contributed by atoms with E-state index in [2.05, 4.69) is 9.97 Å². The van der Waals surface area contributed by atoms with Crippen molar-refractivity contribution in [3.63, 3.8) is 0 Å². The molecule has 9 heteroatoms. The van der Waals surface area contributed by atoms with Gasteiger partial charge in [-0.3, -0.25) is 18.1 Å². The van der Waals surface area contributed by atoms with Gasteiger partial charge in [0.1, 0.15) is 16.2 Å². The zero-order valence-electron chi connectivity index (χ0n) is 17.6. The largest absolute Gasteiger partial charge is 0.332 e. The fourth-order valence-electron chi connectivity index (χ4n) is 3.05.